The van der Waals surface area contributed by atoms with E-state index < -0.39 is 0 Å². The molecule has 0 aromatic carbocycles. The average Bonchev–Trinajstić information content (AvgIpc) is 2.73. The van der Waals surface area contributed by atoms with Gasteiger partial charge in [0.25, 0.3) is 0 Å². The Balaban J connectivity index is 2.30. The molecule has 3 heteroatoms. The molecule has 0 saturated heterocycles. The minimum Gasteiger partial charge on any atom is -0.368 e. The first-order valence-electron chi connectivity index (χ1n) is 4.99. The summed E-state index contributed by atoms with van der Waals surface area (Å²) in [7, 11) is 0. The molecular weight excluding hydrogens is 164 g/mol. The number of aromatic nitrogens is 1. The van der Waals surface area contributed by atoms with E-state index in [4.69, 9.17) is 10.3 Å². The number of nitrogens with two attached hydrogens (primary N) is 1. The van der Waals surface area contributed by atoms with Gasteiger partial charge >= 0.3 is 0 Å². The first-order valence-corrected chi connectivity index (χ1v) is 4.99. The third kappa shape index (κ3) is 1.32. The fraction of sp³-hybridized carbons (Fsp3) is 0.700. The van der Waals surface area contributed by atoms with Crippen LogP contribution in [-0.2, 0) is 5.41 Å². The van der Waals surface area contributed by atoms with Gasteiger partial charge in [-0.3, -0.25) is 0 Å². The Bertz CT molecular complexity index is 287. The van der Waals surface area contributed by atoms with Gasteiger partial charge in [-0.15, -0.1) is 0 Å². The van der Waals surface area contributed by atoms with Crippen molar-refractivity contribution in [1.82, 2.24) is 5.16 Å². The molecule has 13 heavy (non-hydrogen) atoms. The summed E-state index contributed by atoms with van der Waals surface area (Å²) in [5, 5.41) is 4.04. The van der Waals surface area contributed by atoms with Gasteiger partial charge in [-0.25, -0.2) is 0 Å². The van der Waals surface area contributed by atoms with Crippen molar-refractivity contribution in [2.75, 3.05) is 5.73 Å². The Hall–Kier alpha value is -0.990. The average molecular weight is 180 g/mol. The van der Waals surface area contributed by atoms with Crippen molar-refractivity contribution in [2.45, 2.75) is 44.4 Å². The van der Waals surface area contributed by atoms with Crippen LogP contribution in [0.15, 0.2) is 10.6 Å². The summed E-state index contributed by atoms with van der Waals surface area (Å²) in [5.41, 5.74) is 6.86. The molecule has 1 saturated carbocycles. The van der Waals surface area contributed by atoms with Crippen molar-refractivity contribution < 1.29 is 4.52 Å². The maximum Gasteiger partial charge on any atom is 0.222 e. The topological polar surface area (TPSA) is 52.0 Å². The van der Waals surface area contributed by atoms with Gasteiger partial charge in [-0.2, -0.15) is 0 Å². The van der Waals surface area contributed by atoms with Crippen LogP contribution >= 0.6 is 0 Å². The van der Waals surface area contributed by atoms with Crippen LogP contribution < -0.4 is 5.73 Å². The van der Waals surface area contributed by atoms with Gasteiger partial charge in [0.15, 0.2) is 0 Å². The predicted molar refractivity (Wildman–Crippen MR) is 51.4 cm³/mol. The Kier molecular flexibility index (Phi) is 2.02. The van der Waals surface area contributed by atoms with E-state index >= 15 is 0 Å². The summed E-state index contributed by atoms with van der Waals surface area (Å²) in [6, 6.07) is 1.88. The van der Waals surface area contributed by atoms with Crippen molar-refractivity contribution in [3.8, 4) is 0 Å². The molecule has 1 aliphatic carbocycles. The van der Waals surface area contributed by atoms with Crippen LogP contribution in [-0.4, -0.2) is 5.16 Å². The lowest BCUT2D eigenvalue weighted by molar-refractivity contribution is 0.360. The molecule has 2 N–H and O–H groups in total. The molecule has 3 nitrogen and oxygen atoms in total. The van der Waals surface area contributed by atoms with Gasteiger partial charge in [0.05, 0.1) is 5.69 Å². The summed E-state index contributed by atoms with van der Waals surface area (Å²) in [6.07, 6.45) is 6.21. The summed E-state index contributed by atoms with van der Waals surface area (Å²) in [4.78, 5) is 0. The molecule has 1 aromatic rings. The van der Waals surface area contributed by atoms with Crippen LogP contribution in [0.5, 0.6) is 0 Å². The first-order chi connectivity index (χ1) is 6.27. The Morgan fingerprint density at radius 3 is 2.69 bits per heavy atom. The minimum atomic E-state index is 0.265. The van der Waals surface area contributed by atoms with Gasteiger partial charge in [0.1, 0.15) is 0 Å². The Morgan fingerprint density at radius 2 is 2.23 bits per heavy atom. The molecule has 0 atom stereocenters. The van der Waals surface area contributed by atoms with Crippen LogP contribution in [0.3, 0.4) is 0 Å². The number of anilines is 1. The molecule has 2 rings (SSSR count). The molecule has 0 aliphatic heterocycles. The van der Waals surface area contributed by atoms with Gasteiger partial charge in [-0.1, -0.05) is 24.9 Å². The maximum absolute atomic E-state index is 5.53. The van der Waals surface area contributed by atoms with Crippen molar-refractivity contribution in [3.05, 3.63) is 11.8 Å². The van der Waals surface area contributed by atoms with Crippen LogP contribution in [0.2, 0.25) is 0 Å². The second-order valence-electron chi connectivity index (χ2n) is 3.96. The summed E-state index contributed by atoms with van der Waals surface area (Å²) in [5.74, 6) is 0.440. The van der Waals surface area contributed by atoms with E-state index in [1.807, 2.05) is 6.07 Å². The Labute approximate surface area is 78.3 Å². The number of rotatable bonds is 2. The monoisotopic (exact) mass is 180 g/mol. The zero-order valence-corrected chi connectivity index (χ0v) is 8.05. The van der Waals surface area contributed by atoms with Crippen LogP contribution in [0.25, 0.3) is 0 Å². The van der Waals surface area contributed by atoms with E-state index in [0.29, 0.717) is 5.88 Å². The SMILES string of the molecule is CCC1(c2cc(N)on2)CCCC1. The molecule has 0 amide bonds. The Morgan fingerprint density at radius 1 is 1.54 bits per heavy atom. The minimum absolute atomic E-state index is 0.265. The molecule has 0 spiro atoms. The summed E-state index contributed by atoms with van der Waals surface area (Å²) >= 11 is 0. The lowest BCUT2D eigenvalue weighted by Gasteiger charge is -2.23. The fourth-order valence-corrected chi connectivity index (χ4v) is 2.38. The van der Waals surface area contributed by atoms with Crippen molar-refractivity contribution >= 4 is 5.88 Å². The molecule has 0 radical (unpaired) electrons. The quantitative estimate of drug-likeness (QED) is 0.760. The van der Waals surface area contributed by atoms with Gasteiger partial charge in [0, 0.05) is 11.5 Å². The predicted octanol–water partition coefficient (Wildman–Crippen LogP) is 2.48. The molecule has 72 valence electrons. The van der Waals surface area contributed by atoms with E-state index in [9.17, 15) is 0 Å². The van der Waals surface area contributed by atoms with E-state index in [1.165, 1.54) is 25.7 Å². The first kappa shape index (κ1) is 8.60. The largest absolute Gasteiger partial charge is 0.368 e. The van der Waals surface area contributed by atoms with E-state index in [1.54, 1.807) is 0 Å². The highest BCUT2D eigenvalue weighted by Crippen LogP contribution is 2.43. The standard InChI is InChI=1S/C10H16N2O/c1-2-10(5-3-4-6-10)8-7-9(11)13-12-8/h7H,2-6,11H2,1H3. The zero-order valence-electron chi connectivity index (χ0n) is 8.05. The maximum atomic E-state index is 5.53. The fourth-order valence-electron chi connectivity index (χ4n) is 2.38. The highest BCUT2D eigenvalue weighted by molar-refractivity contribution is 5.29. The van der Waals surface area contributed by atoms with Crippen LogP contribution in [0.1, 0.15) is 44.7 Å². The highest BCUT2D eigenvalue weighted by Gasteiger charge is 2.36. The molecule has 0 unspecified atom stereocenters. The number of hydrogen-bond donors (Lipinski definition) is 1. The van der Waals surface area contributed by atoms with E-state index in [-0.39, 0.29) is 5.41 Å². The number of nitrogens with zero attached hydrogens (tertiary/aromatic N) is 1. The third-order valence-electron chi connectivity index (χ3n) is 3.31. The zero-order chi connectivity index (χ0) is 9.31. The van der Waals surface area contributed by atoms with Crippen LogP contribution in [0, 0.1) is 0 Å². The lowest BCUT2D eigenvalue weighted by Crippen LogP contribution is -2.20. The van der Waals surface area contributed by atoms with Crippen molar-refractivity contribution in [3.63, 3.8) is 0 Å². The molecule has 1 heterocycles. The second-order valence-corrected chi connectivity index (χ2v) is 3.96. The second kappa shape index (κ2) is 3.05. The molecule has 1 fully saturated rings. The third-order valence-corrected chi connectivity index (χ3v) is 3.31. The highest BCUT2D eigenvalue weighted by atomic mass is 16.5. The number of hydrogen-bond acceptors (Lipinski definition) is 3. The van der Waals surface area contributed by atoms with E-state index in [0.717, 1.165) is 12.1 Å². The lowest BCUT2D eigenvalue weighted by atomic mass is 9.80. The molecule has 1 aromatic heterocycles. The summed E-state index contributed by atoms with van der Waals surface area (Å²) in [6.45, 7) is 2.22. The van der Waals surface area contributed by atoms with Gasteiger partial charge in [-0.05, 0) is 19.3 Å². The van der Waals surface area contributed by atoms with Gasteiger partial charge in [0.2, 0.25) is 5.88 Å². The van der Waals surface area contributed by atoms with Crippen LogP contribution in [0.4, 0.5) is 5.88 Å². The molecule has 1 aliphatic rings. The smallest absolute Gasteiger partial charge is 0.222 e. The van der Waals surface area contributed by atoms with E-state index in [2.05, 4.69) is 12.1 Å². The normalized spacial score (nSPS) is 20.7. The van der Waals surface area contributed by atoms with Crippen molar-refractivity contribution in [2.24, 2.45) is 0 Å². The summed E-state index contributed by atoms with van der Waals surface area (Å²) < 4.78 is 4.93. The van der Waals surface area contributed by atoms with Crippen molar-refractivity contribution in [1.29, 1.82) is 0 Å². The number of nitrogen functional groups attached to an aromatic ring is 1. The van der Waals surface area contributed by atoms with Gasteiger partial charge < -0.3 is 10.3 Å². The molecule has 0 bridgehead atoms. The molecular formula is C10H16N2O.